The molecule has 0 bridgehead atoms. The van der Waals surface area contributed by atoms with Crippen molar-refractivity contribution < 1.29 is 17.6 Å². The molecule has 3 rings (SSSR count). The highest BCUT2D eigenvalue weighted by Crippen LogP contribution is 2.23. The molecule has 0 fully saturated rings. The first kappa shape index (κ1) is 24.9. The molecular formula is C24H26BrN3O4S. The normalized spacial score (nSPS) is 12.9. The highest BCUT2D eigenvalue weighted by atomic mass is 79.9. The van der Waals surface area contributed by atoms with Gasteiger partial charge in [0.25, 0.3) is 5.91 Å². The van der Waals surface area contributed by atoms with Crippen LogP contribution in [0.25, 0.3) is 11.3 Å². The van der Waals surface area contributed by atoms with E-state index in [1.807, 2.05) is 51.1 Å². The van der Waals surface area contributed by atoms with E-state index in [2.05, 4.69) is 31.2 Å². The lowest BCUT2D eigenvalue weighted by Crippen LogP contribution is -2.46. The topological polar surface area (TPSA) is 101 Å². The Morgan fingerprint density at radius 2 is 1.73 bits per heavy atom. The van der Waals surface area contributed by atoms with Crippen molar-refractivity contribution in [2.45, 2.75) is 38.1 Å². The van der Waals surface area contributed by atoms with Gasteiger partial charge < -0.3 is 4.42 Å². The second-order valence-corrected chi connectivity index (χ2v) is 10.7. The molecule has 174 valence electrons. The number of aryl methyl sites for hydroxylation is 1. The van der Waals surface area contributed by atoms with E-state index in [9.17, 15) is 13.2 Å². The van der Waals surface area contributed by atoms with E-state index < -0.39 is 22.0 Å². The van der Waals surface area contributed by atoms with Crippen molar-refractivity contribution in [3.8, 4) is 11.3 Å². The molecule has 1 amide bonds. The molecule has 0 aliphatic carbocycles. The number of benzene rings is 2. The molecule has 0 radical (unpaired) electrons. The Morgan fingerprint density at radius 1 is 1.06 bits per heavy atom. The van der Waals surface area contributed by atoms with Crippen LogP contribution in [0.2, 0.25) is 0 Å². The third-order valence-corrected chi connectivity index (χ3v) is 6.79. The maximum atomic E-state index is 12.7. The van der Waals surface area contributed by atoms with Gasteiger partial charge in [0.15, 0.2) is 0 Å². The maximum Gasteiger partial charge on any atom is 0.258 e. The zero-order chi connectivity index (χ0) is 24.0. The standard InChI is InChI=1S/C24H26BrN3O4S/c1-16(2)14-22(28-33(30,31)21-11-4-17(3)5-12-21)24(29)27-26-15-20-10-13-23(32-20)18-6-8-19(25)9-7-18/h4-13,15-16,22,28H,14H2,1-3H3,(H,27,29)/b26-15-/t22-/m0/s1. The van der Waals surface area contributed by atoms with E-state index in [1.54, 1.807) is 18.2 Å². The van der Waals surface area contributed by atoms with E-state index in [4.69, 9.17) is 4.42 Å². The van der Waals surface area contributed by atoms with Crippen molar-refractivity contribution in [1.29, 1.82) is 0 Å². The second kappa shape index (κ2) is 10.9. The van der Waals surface area contributed by atoms with E-state index in [1.165, 1.54) is 18.3 Å². The summed E-state index contributed by atoms with van der Waals surface area (Å²) in [4.78, 5) is 12.8. The van der Waals surface area contributed by atoms with Gasteiger partial charge in [-0.05, 0) is 55.7 Å². The van der Waals surface area contributed by atoms with Crippen molar-refractivity contribution in [3.63, 3.8) is 0 Å². The fourth-order valence-electron chi connectivity index (χ4n) is 3.08. The number of furan rings is 1. The molecule has 0 unspecified atom stereocenters. The Bertz CT molecular complexity index is 1220. The molecule has 2 N–H and O–H groups in total. The van der Waals surface area contributed by atoms with Crippen molar-refractivity contribution in [3.05, 3.63) is 76.5 Å². The molecule has 0 aliphatic heterocycles. The number of halogens is 1. The van der Waals surface area contributed by atoms with Crippen LogP contribution in [0.3, 0.4) is 0 Å². The average molecular weight is 532 g/mol. The van der Waals surface area contributed by atoms with Crippen molar-refractivity contribution in [2.75, 3.05) is 0 Å². The average Bonchev–Trinajstić information content (AvgIpc) is 3.22. The Kier molecular flexibility index (Phi) is 8.23. The fraction of sp³-hybridized carbons (Fsp3) is 0.250. The number of hydrogen-bond acceptors (Lipinski definition) is 5. The molecule has 9 heteroatoms. The Hall–Kier alpha value is -2.75. The Morgan fingerprint density at radius 3 is 2.36 bits per heavy atom. The number of sulfonamides is 1. The van der Waals surface area contributed by atoms with Gasteiger partial charge in [-0.15, -0.1) is 0 Å². The van der Waals surface area contributed by atoms with Crippen LogP contribution in [0.5, 0.6) is 0 Å². The summed E-state index contributed by atoms with van der Waals surface area (Å²) in [7, 11) is -3.86. The molecule has 1 heterocycles. The summed E-state index contributed by atoms with van der Waals surface area (Å²) in [6.07, 6.45) is 1.70. The van der Waals surface area contributed by atoms with Crippen LogP contribution < -0.4 is 10.1 Å². The van der Waals surface area contributed by atoms with Gasteiger partial charge in [0, 0.05) is 10.0 Å². The number of hydrazone groups is 1. The van der Waals surface area contributed by atoms with Crippen LogP contribution in [0.15, 0.2) is 79.6 Å². The Balaban J connectivity index is 1.67. The number of amides is 1. The maximum absolute atomic E-state index is 12.7. The van der Waals surface area contributed by atoms with Gasteiger partial charge in [0.2, 0.25) is 10.0 Å². The van der Waals surface area contributed by atoms with Gasteiger partial charge in [0.1, 0.15) is 17.6 Å². The number of nitrogens with zero attached hydrogens (tertiary/aromatic N) is 1. The minimum absolute atomic E-state index is 0.0870. The lowest BCUT2D eigenvalue weighted by Gasteiger charge is -2.19. The van der Waals surface area contributed by atoms with Crippen LogP contribution in [0, 0.1) is 12.8 Å². The van der Waals surface area contributed by atoms with Crippen LogP contribution >= 0.6 is 15.9 Å². The first-order chi connectivity index (χ1) is 15.6. The first-order valence-corrected chi connectivity index (χ1v) is 12.7. The third-order valence-electron chi connectivity index (χ3n) is 4.77. The minimum atomic E-state index is -3.86. The van der Waals surface area contributed by atoms with Crippen LogP contribution in [-0.4, -0.2) is 26.6 Å². The van der Waals surface area contributed by atoms with Crippen molar-refractivity contribution in [1.82, 2.24) is 10.1 Å². The first-order valence-electron chi connectivity index (χ1n) is 10.4. The number of rotatable bonds is 9. The summed E-state index contributed by atoms with van der Waals surface area (Å²) in [5.74, 6) is 0.659. The summed E-state index contributed by atoms with van der Waals surface area (Å²) in [5, 5.41) is 3.94. The van der Waals surface area contributed by atoms with Crippen molar-refractivity contribution in [2.24, 2.45) is 11.0 Å². The Labute approximate surface area is 202 Å². The van der Waals surface area contributed by atoms with Gasteiger partial charge in [-0.1, -0.05) is 59.6 Å². The lowest BCUT2D eigenvalue weighted by molar-refractivity contribution is -0.123. The van der Waals surface area contributed by atoms with Gasteiger partial charge >= 0.3 is 0 Å². The molecule has 1 atom stereocenters. The van der Waals surface area contributed by atoms with E-state index in [-0.39, 0.29) is 10.8 Å². The van der Waals surface area contributed by atoms with E-state index >= 15 is 0 Å². The zero-order valence-corrected chi connectivity index (χ0v) is 21.0. The monoisotopic (exact) mass is 531 g/mol. The summed E-state index contributed by atoms with van der Waals surface area (Å²) in [6.45, 7) is 5.70. The molecule has 1 aromatic heterocycles. The summed E-state index contributed by atoms with van der Waals surface area (Å²) in [6, 6.07) is 16.7. The quantitative estimate of drug-likeness (QED) is 0.304. The lowest BCUT2D eigenvalue weighted by atomic mass is 10.0. The summed E-state index contributed by atoms with van der Waals surface area (Å²) < 4.78 is 34.7. The number of carbonyl (C=O) groups is 1. The van der Waals surface area contributed by atoms with Crippen molar-refractivity contribution >= 4 is 38.1 Å². The molecule has 0 saturated carbocycles. The van der Waals surface area contributed by atoms with Crippen LogP contribution in [0.1, 0.15) is 31.6 Å². The number of nitrogens with one attached hydrogen (secondary N) is 2. The molecule has 3 aromatic rings. The largest absolute Gasteiger partial charge is 0.455 e. The van der Waals surface area contributed by atoms with Gasteiger partial charge in [-0.3, -0.25) is 4.79 Å². The van der Waals surface area contributed by atoms with Gasteiger partial charge in [-0.25, -0.2) is 13.8 Å². The highest BCUT2D eigenvalue weighted by Gasteiger charge is 2.26. The molecule has 7 nitrogen and oxygen atoms in total. The van der Waals surface area contributed by atoms with E-state index in [0.717, 1.165) is 15.6 Å². The fourth-order valence-corrected chi connectivity index (χ4v) is 4.55. The van der Waals surface area contributed by atoms with Crippen LogP contribution in [-0.2, 0) is 14.8 Å². The molecular weight excluding hydrogens is 506 g/mol. The van der Waals surface area contributed by atoms with Gasteiger partial charge in [0.05, 0.1) is 11.1 Å². The molecule has 0 spiro atoms. The van der Waals surface area contributed by atoms with Gasteiger partial charge in [-0.2, -0.15) is 9.82 Å². The van der Waals surface area contributed by atoms with E-state index in [0.29, 0.717) is 17.9 Å². The second-order valence-electron chi connectivity index (χ2n) is 8.06. The SMILES string of the molecule is Cc1ccc(S(=O)(=O)N[C@@H](CC(C)C)C(=O)N/N=C\c2ccc(-c3ccc(Br)cc3)o2)cc1. The summed E-state index contributed by atoms with van der Waals surface area (Å²) >= 11 is 3.40. The predicted molar refractivity (Wildman–Crippen MR) is 132 cm³/mol. The van der Waals surface area contributed by atoms with Crippen LogP contribution in [0.4, 0.5) is 0 Å². The predicted octanol–water partition coefficient (Wildman–Crippen LogP) is 4.86. The number of carbonyl (C=O) groups excluding carboxylic acids is 1. The molecule has 33 heavy (non-hydrogen) atoms. The molecule has 0 aliphatic rings. The smallest absolute Gasteiger partial charge is 0.258 e. The highest BCUT2D eigenvalue weighted by molar-refractivity contribution is 9.10. The third kappa shape index (κ3) is 7.12. The zero-order valence-electron chi connectivity index (χ0n) is 18.6. The summed E-state index contributed by atoms with van der Waals surface area (Å²) in [5.41, 5.74) is 4.27. The number of hydrogen-bond donors (Lipinski definition) is 2. The minimum Gasteiger partial charge on any atom is -0.455 e. The molecule has 2 aromatic carbocycles. The molecule has 0 saturated heterocycles.